The lowest BCUT2D eigenvalue weighted by molar-refractivity contribution is -0.00305. The van der Waals surface area contributed by atoms with E-state index in [0.29, 0.717) is 6.04 Å². The normalized spacial score (nSPS) is 32.4. The Morgan fingerprint density at radius 1 is 1.39 bits per heavy atom. The first-order chi connectivity index (χ1) is 8.79. The monoisotopic (exact) mass is 250 g/mol. The molecule has 3 fully saturated rings. The Balaban J connectivity index is 1.87. The molecular weight excluding hydrogens is 231 g/mol. The van der Waals surface area contributed by atoms with Gasteiger partial charge >= 0.3 is 0 Å². The lowest BCUT2D eigenvalue weighted by Crippen LogP contribution is -2.63. The largest absolute Gasteiger partial charge is 0.312 e. The Kier molecular flexibility index (Phi) is 3.28. The Hall–Kier alpha value is -1.04. The predicted molar refractivity (Wildman–Crippen MR) is 67.8 cm³/mol. The van der Waals surface area contributed by atoms with Gasteiger partial charge in [0.1, 0.15) is 5.82 Å². The number of piperazine rings is 3. The van der Waals surface area contributed by atoms with Gasteiger partial charge in [-0.2, -0.15) is 0 Å². The van der Waals surface area contributed by atoms with Crippen LogP contribution in [0.25, 0.3) is 0 Å². The third-order valence-corrected chi connectivity index (χ3v) is 4.16. The topological polar surface area (TPSA) is 31.4 Å². The third-order valence-electron chi connectivity index (χ3n) is 4.16. The fraction of sp³-hybridized carbons (Fsp3) is 0.615. The Morgan fingerprint density at radius 3 is 2.72 bits per heavy atom. The molecule has 0 amide bonds. The molecule has 3 aliphatic rings. The van der Waals surface area contributed by atoms with E-state index >= 15 is 0 Å². The van der Waals surface area contributed by atoms with Gasteiger partial charge in [-0.25, -0.2) is 4.39 Å². The quantitative estimate of drug-likeness (QED) is 0.845. The molecule has 98 valence electrons. The van der Waals surface area contributed by atoms with E-state index in [9.17, 15) is 4.39 Å². The molecule has 0 radical (unpaired) electrons. The van der Waals surface area contributed by atoms with Crippen LogP contribution in [0.4, 0.5) is 4.39 Å². The number of aromatic nitrogens is 1. The fourth-order valence-electron chi connectivity index (χ4n) is 3.17. The molecule has 18 heavy (non-hydrogen) atoms. The summed E-state index contributed by atoms with van der Waals surface area (Å²) in [5, 5.41) is 3.28. The van der Waals surface area contributed by atoms with Crippen molar-refractivity contribution in [2.24, 2.45) is 0 Å². The van der Waals surface area contributed by atoms with Crippen LogP contribution in [0.15, 0.2) is 18.5 Å². The Labute approximate surface area is 107 Å². The molecule has 1 N–H and O–H groups in total. The molecule has 0 spiro atoms. The average Bonchev–Trinajstić information content (AvgIpc) is 2.43. The highest BCUT2D eigenvalue weighted by molar-refractivity contribution is 5.20. The number of hydrogen-bond acceptors (Lipinski definition) is 4. The summed E-state index contributed by atoms with van der Waals surface area (Å²) in [6.45, 7) is 5.50. The van der Waals surface area contributed by atoms with Crippen LogP contribution in [0.1, 0.15) is 11.6 Å². The second-order valence-corrected chi connectivity index (χ2v) is 5.07. The van der Waals surface area contributed by atoms with Crippen LogP contribution < -0.4 is 5.32 Å². The van der Waals surface area contributed by atoms with E-state index in [1.807, 2.05) is 7.05 Å². The zero-order chi connectivity index (χ0) is 12.5. The second kappa shape index (κ2) is 4.91. The van der Waals surface area contributed by atoms with Crippen molar-refractivity contribution in [3.63, 3.8) is 0 Å². The SMILES string of the molecule is CNC(c1ccncc1F)C1CN2CCN1CC2. The molecule has 3 saturated heterocycles. The van der Waals surface area contributed by atoms with Crippen molar-refractivity contribution in [2.45, 2.75) is 12.1 Å². The standard InChI is InChI=1S/C13H19FN4/c1-15-13(10-2-3-16-8-11(10)14)12-9-17-4-6-18(12)7-5-17/h2-3,8,12-13,15H,4-7,9H2,1H3. The summed E-state index contributed by atoms with van der Waals surface area (Å²) in [6.07, 6.45) is 2.97. The first-order valence-corrected chi connectivity index (χ1v) is 6.52. The number of hydrogen-bond donors (Lipinski definition) is 1. The van der Waals surface area contributed by atoms with Crippen molar-refractivity contribution < 1.29 is 4.39 Å². The van der Waals surface area contributed by atoms with Crippen LogP contribution in [0, 0.1) is 5.82 Å². The number of halogens is 1. The van der Waals surface area contributed by atoms with Gasteiger partial charge in [0.25, 0.3) is 0 Å². The van der Waals surface area contributed by atoms with Gasteiger partial charge in [0.05, 0.1) is 12.2 Å². The first kappa shape index (κ1) is 12.0. The summed E-state index contributed by atoms with van der Waals surface area (Å²) in [5.41, 5.74) is 0.728. The molecule has 2 unspecified atom stereocenters. The molecule has 2 atom stereocenters. The molecule has 2 bridgehead atoms. The lowest BCUT2D eigenvalue weighted by atomic mass is 9.94. The maximum Gasteiger partial charge on any atom is 0.146 e. The van der Waals surface area contributed by atoms with Crippen molar-refractivity contribution in [1.82, 2.24) is 20.1 Å². The van der Waals surface area contributed by atoms with Crippen LogP contribution >= 0.6 is 0 Å². The molecule has 4 heterocycles. The van der Waals surface area contributed by atoms with Gasteiger partial charge in [-0.3, -0.25) is 14.8 Å². The minimum atomic E-state index is -0.213. The van der Waals surface area contributed by atoms with E-state index in [0.717, 1.165) is 38.3 Å². The number of rotatable bonds is 3. The summed E-state index contributed by atoms with van der Waals surface area (Å²) in [6, 6.07) is 2.18. The maximum atomic E-state index is 13.9. The molecule has 0 aromatic carbocycles. The summed E-state index contributed by atoms with van der Waals surface area (Å²) in [5.74, 6) is -0.213. The van der Waals surface area contributed by atoms with Crippen molar-refractivity contribution in [1.29, 1.82) is 0 Å². The highest BCUT2D eigenvalue weighted by Gasteiger charge is 2.37. The fourth-order valence-corrected chi connectivity index (χ4v) is 3.17. The van der Waals surface area contributed by atoms with Crippen LogP contribution in [-0.4, -0.2) is 60.6 Å². The van der Waals surface area contributed by atoms with Crippen LogP contribution in [-0.2, 0) is 0 Å². The van der Waals surface area contributed by atoms with E-state index in [1.165, 1.54) is 6.20 Å². The second-order valence-electron chi connectivity index (χ2n) is 5.07. The van der Waals surface area contributed by atoms with Crippen LogP contribution in [0.2, 0.25) is 0 Å². The van der Waals surface area contributed by atoms with Crippen LogP contribution in [0.5, 0.6) is 0 Å². The third kappa shape index (κ3) is 2.02. The van der Waals surface area contributed by atoms with E-state index in [4.69, 9.17) is 0 Å². The van der Waals surface area contributed by atoms with E-state index in [1.54, 1.807) is 12.3 Å². The van der Waals surface area contributed by atoms with Gasteiger partial charge in [0.15, 0.2) is 0 Å². The Bertz CT molecular complexity index is 417. The summed E-state index contributed by atoms with van der Waals surface area (Å²) >= 11 is 0. The van der Waals surface area contributed by atoms with Crippen LogP contribution in [0.3, 0.4) is 0 Å². The first-order valence-electron chi connectivity index (χ1n) is 6.52. The minimum absolute atomic E-state index is 0.0381. The molecule has 3 aliphatic heterocycles. The van der Waals surface area contributed by atoms with E-state index in [2.05, 4.69) is 20.1 Å². The van der Waals surface area contributed by atoms with Gasteiger partial charge in [-0.15, -0.1) is 0 Å². The molecule has 4 rings (SSSR count). The number of nitrogens with zero attached hydrogens (tertiary/aromatic N) is 3. The summed E-state index contributed by atoms with van der Waals surface area (Å²) in [4.78, 5) is 8.77. The van der Waals surface area contributed by atoms with Gasteiger partial charge in [-0.05, 0) is 13.1 Å². The molecule has 1 aromatic rings. The lowest BCUT2D eigenvalue weighted by Gasteiger charge is -2.50. The molecule has 0 aliphatic carbocycles. The van der Waals surface area contributed by atoms with Crippen molar-refractivity contribution in [2.75, 3.05) is 39.8 Å². The zero-order valence-electron chi connectivity index (χ0n) is 10.6. The number of nitrogens with one attached hydrogen (secondary N) is 1. The van der Waals surface area contributed by atoms with Gasteiger partial charge in [0, 0.05) is 50.5 Å². The summed E-state index contributed by atoms with van der Waals surface area (Å²) < 4.78 is 13.9. The summed E-state index contributed by atoms with van der Waals surface area (Å²) in [7, 11) is 1.91. The minimum Gasteiger partial charge on any atom is -0.312 e. The van der Waals surface area contributed by atoms with Gasteiger partial charge < -0.3 is 5.32 Å². The average molecular weight is 250 g/mol. The Morgan fingerprint density at radius 2 is 2.17 bits per heavy atom. The number of fused-ring (bicyclic) bond motifs is 3. The molecular formula is C13H19FN4. The zero-order valence-corrected chi connectivity index (χ0v) is 10.6. The highest BCUT2D eigenvalue weighted by atomic mass is 19.1. The molecule has 5 heteroatoms. The molecule has 1 aromatic heterocycles. The highest BCUT2D eigenvalue weighted by Crippen LogP contribution is 2.28. The van der Waals surface area contributed by atoms with Crippen molar-refractivity contribution in [3.8, 4) is 0 Å². The van der Waals surface area contributed by atoms with E-state index < -0.39 is 0 Å². The van der Waals surface area contributed by atoms with Gasteiger partial charge in [-0.1, -0.05) is 0 Å². The smallest absolute Gasteiger partial charge is 0.146 e. The number of pyridine rings is 1. The van der Waals surface area contributed by atoms with E-state index in [-0.39, 0.29) is 11.9 Å². The van der Waals surface area contributed by atoms with Crippen molar-refractivity contribution in [3.05, 3.63) is 29.8 Å². The predicted octanol–water partition coefficient (Wildman–Crippen LogP) is 0.481. The number of likely N-dealkylation sites (N-methyl/N-ethyl adjacent to an activating group) is 1. The van der Waals surface area contributed by atoms with Gasteiger partial charge in [0.2, 0.25) is 0 Å². The molecule has 4 nitrogen and oxygen atoms in total. The molecule has 0 saturated carbocycles. The maximum absolute atomic E-state index is 13.9. The van der Waals surface area contributed by atoms with Crippen molar-refractivity contribution >= 4 is 0 Å².